The summed E-state index contributed by atoms with van der Waals surface area (Å²) in [5.74, 6) is 3.99. The zero-order valence-electron chi connectivity index (χ0n) is 13.6. The van der Waals surface area contributed by atoms with Crippen LogP contribution in [0, 0.1) is 19.8 Å². The van der Waals surface area contributed by atoms with Crippen LogP contribution < -0.4 is 5.73 Å². The number of nitrogens with two attached hydrogens (primary N) is 1. The quantitative estimate of drug-likeness (QED) is 0.897. The first-order valence-electron chi connectivity index (χ1n) is 7.84. The van der Waals surface area contributed by atoms with Crippen LogP contribution in [0.2, 0.25) is 0 Å². The Labute approximate surface area is 137 Å². The molecule has 1 aromatic heterocycles. The van der Waals surface area contributed by atoms with Gasteiger partial charge in [-0.1, -0.05) is 13.8 Å². The minimum absolute atomic E-state index is 0.451. The van der Waals surface area contributed by atoms with E-state index in [9.17, 15) is 0 Å². The van der Waals surface area contributed by atoms with Crippen LogP contribution in [-0.2, 0) is 6.42 Å². The van der Waals surface area contributed by atoms with Crippen molar-refractivity contribution in [2.75, 3.05) is 18.1 Å². The Kier molecular flexibility index (Phi) is 6.38. The summed E-state index contributed by atoms with van der Waals surface area (Å²) >= 11 is 4.10. The molecule has 3 nitrogen and oxygen atoms in total. The molecule has 5 heteroatoms. The van der Waals surface area contributed by atoms with Crippen molar-refractivity contribution in [2.45, 2.75) is 51.0 Å². The van der Waals surface area contributed by atoms with E-state index in [4.69, 9.17) is 15.7 Å². The van der Waals surface area contributed by atoms with E-state index in [0.717, 1.165) is 23.6 Å². The van der Waals surface area contributed by atoms with Gasteiger partial charge in [0.1, 0.15) is 5.82 Å². The van der Waals surface area contributed by atoms with Gasteiger partial charge in [-0.25, -0.2) is 9.97 Å². The molecule has 1 aliphatic rings. The molecule has 0 saturated carbocycles. The van der Waals surface area contributed by atoms with Crippen LogP contribution in [-0.4, -0.2) is 33.3 Å². The van der Waals surface area contributed by atoms with Gasteiger partial charge in [0.2, 0.25) is 0 Å². The minimum atomic E-state index is 0.451. The number of nitrogens with zero attached hydrogens (tertiary/aromatic N) is 2. The van der Waals surface area contributed by atoms with Gasteiger partial charge >= 0.3 is 0 Å². The van der Waals surface area contributed by atoms with E-state index in [1.54, 1.807) is 0 Å². The Bertz CT molecular complexity index is 456. The molecule has 1 saturated heterocycles. The van der Waals surface area contributed by atoms with Gasteiger partial charge in [0.15, 0.2) is 0 Å². The maximum atomic E-state index is 5.76. The van der Waals surface area contributed by atoms with Gasteiger partial charge in [0, 0.05) is 28.1 Å². The summed E-state index contributed by atoms with van der Waals surface area (Å²) in [4.78, 5) is 9.71. The van der Waals surface area contributed by atoms with E-state index < -0.39 is 0 Å². The second-order valence-corrected chi connectivity index (χ2v) is 8.48. The van der Waals surface area contributed by atoms with Gasteiger partial charge in [-0.15, -0.1) is 11.8 Å². The van der Waals surface area contributed by atoms with Crippen LogP contribution in [0.25, 0.3) is 0 Å². The van der Waals surface area contributed by atoms with Crippen molar-refractivity contribution in [2.24, 2.45) is 11.7 Å². The summed E-state index contributed by atoms with van der Waals surface area (Å²) < 4.78 is 0. The maximum Gasteiger partial charge on any atom is 0.142 e. The fourth-order valence-electron chi connectivity index (χ4n) is 2.76. The predicted molar refractivity (Wildman–Crippen MR) is 95.2 cm³/mol. The summed E-state index contributed by atoms with van der Waals surface area (Å²) in [6.07, 6.45) is 2.17. The molecule has 0 amide bonds. The SMILES string of the molecule is CCC1SCCSC1c1nc(C)c(CC(C)CN)c(C)n1. The van der Waals surface area contributed by atoms with Gasteiger partial charge < -0.3 is 5.73 Å². The molecule has 3 atom stereocenters. The maximum absolute atomic E-state index is 5.76. The molecule has 1 fully saturated rings. The zero-order chi connectivity index (χ0) is 15.4. The van der Waals surface area contributed by atoms with Crippen LogP contribution in [0.15, 0.2) is 0 Å². The first kappa shape index (κ1) is 17.1. The van der Waals surface area contributed by atoms with Gasteiger partial charge in [0.05, 0.1) is 5.25 Å². The highest BCUT2D eigenvalue weighted by Crippen LogP contribution is 2.43. The lowest BCUT2D eigenvalue weighted by atomic mass is 9.99. The van der Waals surface area contributed by atoms with E-state index in [-0.39, 0.29) is 0 Å². The summed E-state index contributed by atoms with van der Waals surface area (Å²) in [6, 6.07) is 0. The number of aromatic nitrogens is 2. The van der Waals surface area contributed by atoms with Crippen molar-refractivity contribution in [1.82, 2.24) is 9.97 Å². The predicted octanol–water partition coefficient (Wildman–Crippen LogP) is 3.53. The first-order chi connectivity index (χ1) is 10.1. The lowest BCUT2D eigenvalue weighted by molar-refractivity contribution is 0.583. The molecule has 118 valence electrons. The molecule has 0 spiro atoms. The Hall–Kier alpha value is -0.260. The van der Waals surface area contributed by atoms with Crippen LogP contribution in [0.5, 0.6) is 0 Å². The molecule has 0 aliphatic carbocycles. The fraction of sp³-hybridized carbons (Fsp3) is 0.750. The summed E-state index contributed by atoms with van der Waals surface area (Å²) in [6.45, 7) is 9.42. The molecule has 0 bridgehead atoms. The van der Waals surface area contributed by atoms with Gasteiger partial charge in [0.25, 0.3) is 0 Å². The molecule has 1 aliphatic heterocycles. The van der Waals surface area contributed by atoms with Crippen molar-refractivity contribution >= 4 is 23.5 Å². The molecule has 3 unspecified atom stereocenters. The van der Waals surface area contributed by atoms with E-state index in [1.807, 2.05) is 11.8 Å². The van der Waals surface area contributed by atoms with Crippen LogP contribution in [0.3, 0.4) is 0 Å². The molecule has 0 radical (unpaired) electrons. The van der Waals surface area contributed by atoms with Crippen LogP contribution in [0.1, 0.15) is 48.3 Å². The second kappa shape index (κ2) is 7.84. The monoisotopic (exact) mass is 325 g/mol. The minimum Gasteiger partial charge on any atom is -0.330 e. The molecule has 2 heterocycles. The average molecular weight is 326 g/mol. The highest BCUT2D eigenvalue weighted by Gasteiger charge is 2.29. The average Bonchev–Trinajstić information content (AvgIpc) is 2.50. The van der Waals surface area contributed by atoms with Crippen molar-refractivity contribution < 1.29 is 0 Å². The Morgan fingerprint density at radius 2 is 1.81 bits per heavy atom. The highest BCUT2D eigenvalue weighted by atomic mass is 32.2. The van der Waals surface area contributed by atoms with Gasteiger partial charge in [-0.3, -0.25) is 0 Å². The summed E-state index contributed by atoms with van der Waals surface area (Å²) in [5, 5.41) is 1.10. The van der Waals surface area contributed by atoms with Crippen molar-refractivity contribution in [3.63, 3.8) is 0 Å². The first-order valence-corrected chi connectivity index (χ1v) is 9.93. The second-order valence-electron chi connectivity index (χ2n) is 5.89. The number of rotatable bonds is 5. The number of hydrogen-bond acceptors (Lipinski definition) is 5. The van der Waals surface area contributed by atoms with Crippen molar-refractivity contribution in [1.29, 1.82) is 0 Å². The molecule has 0 aromatic carbocycles. The van der Waals surface area contributed by atoms with Gasteiger partial charge in [-0.05, 0) is 44.7 Å². The lowest BCUT2D eigenvalue weighted by Gasteiger charge is -2.29. The van der Waals surface area contributed by atoms with E-state index in [1.165, 1.54) is 23.5 Å². The normalized spacial score (nSPS) is 24.0. The number of thioether (sulfide) groups is 2. The third kappa shape index (κ3) is 4.14. The largest absolute Gasteiger partial charge is 0.330 e. The third-order valence-corrected chi connectivity index (χ3v) is 7.34. The lowest BCUT2D eigenvalue weighted by Crippen LogP contribution is -2.22. The summed E-state index contributed by atoms with van der Waals surface area (Å²) in [5.41, 5.74) is 9.33. The summed E-state index contributed by atoms with van der Waals surface area (Å²) in [7, 11) is 0. The Morgan fingerprint density at radius 3 is 2.38 bits per heavy atom. The van der Waals surface area contributed by atoms with E-state index in [0.29, 0.717) is 23.0 Å². The number of aryl methyl sites for hydroxylation is 2. The molecule has 21 heavy (non-hydrogen) atoms. The van der Waals surface area contributed by atoms with Gasteiger partial charge in [-0.2, -0.15) is 11.8 Å². The molecule has 1 aromatic rings. The van der Waals surface area contributed by atoms with E-state index in [2.05, 4.69) is 39.5 Å². The standard InChI is InChI=1S/C16H27N3S2/c1-5-14-15(21-7-6-20-14)16-18-11(3)13(12(4)19-16)8-10(2)9-17/h10,14-15H,5-9,17H2,1-4H3. The van der Waals surface area contributed by atoms with E-state index >= 15 is 0 Å². The fourth-order valence-corrected chi connectivity index (χ4v) is 5.75. The molecule has 2 rings (SSSR count). The smallest absolute Gasteiger partial charge is 0.142 e. The molecule has 2 N–H and O–H groups in total. The van der Waals surface area contributed by atoms with Crippen molar-refractivity contribution in [3.8, 4) is 0 Å². The Balaban J connectivity index is 2.26. The zero-order valence-corrected chi connectivity index (χ0v) is 15.2. The number of hydrogen-bond donors (Lipinski definition) is 1. The molecular weight excluding hydrogens is 298 g/mol. The highest BCUT2D eigenvalue weighted by molar-refractivity contribution is 8.06. The topological polar surface area (TPSA) is 51.8 Å². The molecular formula is C16H27N3S2. The van der Waals surface area contributed by atoms with Crippen LogP contribution >= 0.6 is 23.5 Å². The van der Waals surface area contributed by atoms with Crippen LogP contribution in [0.4, 0.5) is 0 Å². The third-order valence-electron chi connectivity index (χ3n) is 4.10. The van der Waals surface area contributed by atoms with Crippen molar-refractivity contribution in [3.05, 3.63) is 22.8 Å². The Morgan fingerprint density at radius 1 is 1.19 bits per heavy atom.